The van der Waals surface area contributed by atoms with E-state index in [1.165, 1.54) is 60.7 Å². The van der Waals surface area contributed by atoms with Crippen molar-refractivity contribution in [2.24, 2.45) is 0 Å². The predicted octanol–water partition coefficient (Wildman–Crippen LogP) is 4.70. The number of rotatable bonds is 4. The van der Waals surface area contributed by atoms with Crippen LogP contribution in [0.2, 0.25) is 0 Å². The third-order valence-electron chi connectivity index (χ3n) is 4.80. The lowest BCUT2D eigenvalue weighted by Crippen LogP contribution is -2.36. The Bertz CT molecular complexity index is 454. The summed E-state index contributed by atoms with van der Waals surface area (Å²) in [6.45, 7) is 1.17. The Morgan fingerprint density at radius 3 is 2.89 bits per heavy atom. The summed E-state index contributed by atoms with van der Waals surface area (Å²) < 4.78 is 1.72. The van der Waals surface area contributed by atoms with Crippen LogP contribution in [0.25, 0.3) is 0 Å². The number of benzene rings is 1. The minimum absolute atomic E-state index is 0.512. The van der Waals surface area contributed by atoms with Crippen LogP contribution in [0.4, 0.5) is 0 Å². The predicted molar refractivity (Wildman–Crippen MR) is 87.9 cm³/mol. The highest BCUT2D eigenvalue weighted by atomic mass is 79.9. The van der Waals surface area contributed by atoms with E-state index in [1.54, 1.807) is 0 Å². The molecule has 2 aliphatic carbocycles. The lowest BCUT2D eigenvalue weighted by molar-refractivity contribution is 0.465. The fourth-order valence-electron chi connectivity index (χ4n) is 3.58. The molecule has 1 atom stereocenters. The highest BCUT2D eigenvalue weighted by Crippen LogP contribution is 2.41. The maximum atomic E-state index is 3.85. The molecule has 0 aliphatic heterocycles. The van der Waals surface area contributed by atoms with Crippen molar-refractivity contribution < 1.29 is 0 Å². The van der Waals surface area contributed by atoms with E-state index in [-0.39, 0.29) is 0 Å². The number of nitrogens with one attached hydrogen (secondary N) is 1. The Hall–Kier alpha value is 0.01000. The van der Waals surface area contributed by atoms with Crippen LogP contribution >= 0.6 is 27.7 Å². The maximum Gasteiger partial charge on any atom is 0.0326 e. The molecule has 0 amide bonds. The zero-order valence-corrected chi connectivity index (χ0v) is 13.9. The number of fused-ring (bicyclic) bond motifs is 1. The van der Waals surface area contributed by atoms with Gasteiger partial charge in [-0.2, -0.15) is 11.8 Å². The van der Waals surface area contributed by atoms with Crippen molar-refractivity contribution in [2.75, 3.05) is 12.8 Å². The van der Waals surface area contributed by atoms with Gasteiger partial charge in [0, 0.05) is 21.8 Å². The summed E-state index contributed by atoms with van der Waals surface area (Å²) in [5, 5.41) is 3.85. The van der Waals surface area contributed by atoms with Crippen LogP contribution in [0.15, 0.2) is 22.7 Å². The SMILES string of the molecule is CSC1(CNC2CCc3cc(Br)ccc32)CCCC1. The Morgan fingerprint density at radius 1 is 1.37 bits per heavy atom. The minimum atomic E-state index is 0.512. The Kier molecular flexibility index (Phi) is 4.25. The van der Waals surface area contributed by atoms with Crippen molar-refractivity contribution in [3.05, 3.63) is 33.8 Å². The van der Waals surface area contributed by atoms with E-state index in [9.17, 15) is 0 Å². The molecular formula is C16H22BrNS. The van der Waals surface area contributed by atoms with Gasteiger partial charge in [-0.3, -0.25) is 0 Å². The van der Waals surface area contributed by atoms with E-state index < -0.39 is 0 Å². The highest BCUT2D eigenvalue weighted by Gasteiger charge is 2.34. The summed E-state index contributed by atoms with van der Waals surface area (Å²) in [6, 6.07) is 7.34. The summed E-state index contributed by atoms with van der Waals surface area (Å²) in [6.07, 6.45) is 10.4. The highest BCUT2D eigenvalue weighted by molar-refractivity contribution is 9.10. The second-order valence-electron chi connectivity index (χ2n) is 5.91. The molecule has 1 N–H and O–H groups in total. The molecule has 1 aromatic carbocycles. The van der Waals surface area contributed by atoms with Crippen molar-refractivity contribution >= 4 is 27.7 Å². The fraction of sp³-hybridized carbons (Fsp3) is 0.625. The van der Waals surface area contributed by atoms with Crippen LogP contribution in [-0.4, -0.2) is 17.5 Å². The van der Waals surface area contributed by atoms with Gasteiger partial charge in [0.15, 0.2) is 0 Å². The minimum Gasteiger partial charge on any atom is -0.309 e. The first-order valence-electron chi connectivity index (χ1n) is 7.29. The summed E-state index contributed by atoms with van der Waals surface area (Å²) in [5.41, 5.74) is 3.05. The quantitative estimate of drug-likeness (QED) is 0.852. The van der Waals surface area contributed by atoms with Gasteiger partial charge < -0.3 is 5.32 Å². The Morgan fingerprint density at radius 2 is 2.16 bits per heavy atom. The molecule has 3 heteroatoms. The van der Waals surface area contributed by atoms with Gasteiger partial charge in [0.25, 0.3) is 0 Å². The Balaban J connectivity index is 1.66. The van der Waals surface area contributed by atoms with Gasteiger partial charge in [-0.25, -0.2) is 0 Å². The molecule has 19 heavy (non-hydrogen) atoms. The summed E-state index contributed by atoms with van der Waals surface area (Å²) >= 11 is 5.65. The van der Waals surface area contributed by atoms with Crippen LogP contribution in [-0.2, 0) is 6.42 Å². The van der Waals surface area contributed by atoms with E-state index in [1.807, 2.05) is 0 Å². The van der Waals surface area contributed by atoms with Crippen molar-refractivity contribution in [3.8, 4) is 0 Å². The molecule has 1 unspecified atom stereocenters. The van der Waals surface area contributed by atoms with Gasteiger partial charge in [-0.05, 0) is 55.2 Å². The molecule has 0 heterocycles. The fourth-order valence-corrected chi connectivity index (χ4v) is 4.91. The molecule has 3 rings (SSSR count). The number of hydrogen-bond acceptors (Lipinski definition) is 2. The van der Waals surface area contributed by atoms with Gasteiger partial charge in [-0.1, -0.05) is 34.8 Å². The van der Waals surface area contributed by atoms with Gasteiger partial charge >= 0.3 is 0 Å². The number of halogens is 1. The molecule has 0 bridgehead atoms. The monoisotopic (exact) mass is 339 g/mol. The topological polar surface area (TPSA) is 12.0 Å². The molecule has 0 radical (unpaired) electrons. The van der Waals surface area contributed by atoms with Crippen LogP contribution < -0.4 is 5.32 Å². The molecule has 0 aromatic heterocycles. The van der Waals surface area contributed by atoms with Gasteiger partial charge in [0.2, 0.25) is 0 Å². The third kappa shape index (κ3) is 2.88. The zero-order chi connectivity index (χ0) is 13.3. The molecule has 0 spiro atoms. The van der Waals surface area contributed by atoms with E-state index in [0.717, 1.165) is 0 Å². The van der Waals surface area contributed by atoms with E-state index >= 15 is 0 Å². The average molecular weight is 340 g/mol. The number of hydrogen-bond donors (Lipinski definition) is 1. The lowest BCUT2D eigenvalue weighted by atomic mass is 10.0. The summed E-state index contributed by atoms with van der Waals surface area (Å²) in [7, 11) is 0. The van der Waals surface area contributed by atoms with Crippen molar-refractivity contribution in [1.29, 1.82) is 0 Å². The van der Waals surface area contributed by atoms with E-state index in [4.69, 9.17) is 0 Å². The molecule has 1 saturated carbocycles. The molecule has 1 fully saturated rings. The van der Waals surface area contributed by atoms with Gasteiger partial charge in [0.05, 0.1) is 0 Å². The van der Waals surface area contributed by atoms with E-state index in [2.05, 4.69) is 57.5 Å². The van der Waals surface area contributed by atoms with Crippen LogP contribution in [0.3, 0.4) is 0 Å². The van der Waals surface area contributed by atoms with Crippen LogP contribution in [0, 0.1) is 0 Å². The first-order valence-corrected chi connectivity index (χ1v) is 9.31. The molecule has 104 valence electrons. The standard InChI is InChI=1S/C16H22BrNS/c1-19-16(8-2-3-9-16)11-18-15-7-4-12-10-13(17)5-6-14(12)15/h5-6,10,15,18H,2-4,7-9,11H2,1H3. The first-order chi connectivity index (χ1) is 9.22. The van der Waals surface area contributed by atoms with Crippen molar-refractivity contribution in [1.82, 2.24) is 5.32 Å². The van der Waals surface area contributed by atoms with Crippen molar-refractivity contribution in [2.45, 2.75) is 49.3 Å². The Labute approximate surface area is 129 Å². The average Bonchev–Trinajstić information content (AvgIpc) is 3.03. The normalized spacial score (nSPS) is 24.6. The molecular weight excluding hydrogens is 318 g/mol. The van der Waals surface area contributed by atoms with Gasteiger partial charge in [-0.15, -0.1) is 0 Å². The first kappa shape index (κ1) is 14.0. The number of thioether (sulfide) groups is 1. The second-order valence-corrected chi connectivity index (χ2v) is 8.10. The van der Waals surface area contributed by atoms with E-state index in [0.29, 0.717) is 10.8 Å². The molecule has 1 aromatic rings. The molecule has 2 aliphatic rings. The maximum absolute atomic E-state index is 3.85. The second kappa shape index (κ2) is 5.79. The zero-order valence-electron chi connectivity index (χ0n) is 11.5. The van der Waals surface area contributed by atoms with Crippen LogP contribution in [0.1, 0.15) is 49.3 Å². The smallest absolute Gasteiger partial charge is 0.0326 e. The van der Waals surface area contributed by atoms with Crippen molar-refractivity contribution in [3.63, 3.8) is 0 Å². The third-order valence-corrected chi connectivity index (χ3v) is 6.71. The van der Waals surface area contributed by atoms with Crippen LogP contribution in [0.5, 0.6) is 0 Å². The molecule has 1 nitrogen and oxygen atoms in total. The summed E-state index contributed by atoms with van der Waals surface area (Å²) in [4.78, 5) is 0. The lowest BCUT2D eigenvalue weighted by Gasteiger charge is -2.29. The number of aryl methyl sites for hydroxylation is 1. The van der Waals surface area contributed by atoms with Gasteiger partial charge in [0.1, 0.15) is 0 Å². The largest absolute Gasteiger partial charge is 0.309 e. The summed E-state index contributed by atoms with van der Waals surface area (Å²) in [5.74, 6) is 0. The molecule has 0 saturated heterocycles.